The minimum absolute atomic E-state index is 0.291. The Kier molecular flexibility index (Phi) is 11.0. The molecule has 3 atom stereocenters. The molecule has 15 heteroatoms. The number of methoxy groups -OCH3 is 1. The summed E-state index contributed by atoms with van der Waals surface area (Å²) in [6.45, 7) is 4.71. The van der Waals surface area contributed by atoms with Crippen LogP contribution in [0.4, 0.5) is 11.6 Å². The van der Waals surface area contributed by atoms with Gasteiger partial charge < -0.3 is 24.3 Å². The molecule has 0 spiro atoms. The van der Waals surface area contributed by atoms with E-state index in [0.29, 0.717) is 72.8 Å². The Morgan fingerprint density at radius 3 is 2.46 bits per heavy atom. The zero-order chi connectivity index (χ0) is 33.5. The predicted molar refractivity (Wildman–Crippen MR) is 179 cm³/mol. The lowest BCUT2D eigenvalue weighted by molar-refractivity contribution is -0.0458. The average molecular weight is 660 g/mol. The zero-order valence-electron chi connectivity index (χ0n) is 27.5. The van der Waals surface area contributed by atoms with Crippen molar-refractivity contribution in [3.05, 3.63) is 42.4 Å². The van der Waals surface area contributed by atoms with E-state index >= 15 is 0 Å². The van der Waals surface area contributed by atoms with E-state index in [4.69, 9.17) is 35.3 Å². The van der Waals surface area contributed by atoms with Crippen LogP contribution in [0.3, 0.4) is 0 Å². The van der Waals surface area contributed by atoms with Gasteiger partial charge in [0, 0.05) is 43.2 Å². The highest BCUT2D eigenvalue weighted by Crippen LogP contribution is 2.39. The molecule has 48 heavy (non-hydrogen) atoms. The largest absolute Gasteiger partial charge is 0.487 e. The van der Waals surface area contributed by atoms with Crippen molar-refractivity contribution in [2.45, 2.75) is 75.7 Å². The van der Waals surface area contributed by atoms with Crippen molar-refractivity contribution in [3.8, 4) is 28.8 Å². The van der Waals surface area contributed by atoms with Gasteiger partial charge in [0.05, 0.1) is 50.5 Å². The molecule has 256 valence electrons. The topological polar surface area (TPSA) is 185 Å². The molecule has 1 aromatic carbocycles. The molecule has 2 aliphatic heterocycles. The monoisotopic (exact) mass is 659 g/mol. The first kappa shape index (κ1) is 33.6. The van der Waals surface area contributed by atoms with Crippen LogP contribution in [0.2, 0.25) is 0 Å². The number of hydrogen-bond donors (Lipinski definition) is 4. The van der Waals surface area contributed by atoms with Crippen molar-refractivity contribution >= 4 is 18.0 Å². The molecule has 15 nitrogen and oxygen atoms in total. The maximum Gasteiger partial charge on any atom is 0.257 e. The van der Waals surface area contributed by atoms with Crippen molar-refractivity contribution < 1.29 is 18.9 Å². The maximum absolute atomic E-state index is 9.63. The van der Waals surface area contributed by atoms with Gasteiger partial charge in [-0.2, -0.15) is 10.8 Å². The second kappa shape index (κ2) is 15.7. The van der Waals surface area contributed by atoms with Crippen LogP contribution in [0, 0.1) is 16.7 Å². The number of nitrogens with one attached hydrogen (secondary N) is 3. The lowest BCUT2D eigenvalue weighted by atomic mass is 9.89. The van der Waals surface area contributed by atoms with Gasteiger partial charge in [0.1, 0.15) is 30.2 Å². The molecule has 0 radical (unpaired) electrons. The van der Waals surface area contributed by atoms with E-state index in [2.05, 4.69) is 31.8 Å². The van der Waals surface area contributed by atoms with Crippen LogP contribution in [-0.4, -0.2) is 100 Å². The van der Waals surface area contributed by atoms with E-state index in [0.717, 1.165) is 56.4 Å². The standard InChI is InChI=1S/C33H45N11O4/c1-22(17-42(21-35)41-36)48-31-13-23(3-4-24(31)14-34)25-15-37-33(38-16-25)39-30-18-43(40-32(30)47-12-11-45-2)26-5-7-27(8-6-26)44-28-9-10-29(44)20-46-19-28/h3-4,13,15-16,18,21-22,26-29,35,41H,5-12,17,19-20,36H2,1-2H3,(H,37,38,39)/t22-,26-,27-,28+,29?/m0/s1. The summed E-state index contributed by atoms with van der Waals surface area (Å²) in [5, 5.41) is 26.6. The number of hydrazine groups is 2. The molecular weight excluding hydrogens is 614 g/mol. The van der Waals surface area contributed by atoms with Gasteiger partial charge in [-0.25, -0.2) is 9.97 Å². The molecule has 6 rings (SSSR count). The SMILES string of the molecule is COCCOc1nn([C@H]2CC[C@H](N3C4CC[C@@H]3COC4)CC2)cc1Nc1ncc(-c2ccc(C#N)c(O[C@@H](C)CN(C=N)NN)c2)cn1. The molecule has 3 aromatic rings. The fourth-order valence-corrected chi connectivity index (χ4v) is 7.08. The Morgan fingerprint density at radius 2 is 1.79 bits per heavy atom. The number of fused-ring (bicyclic) bond motifs is 2. The van der Waals surface area contributed by atoms with Crippen molar-refractivity contribution in [1.82, 2.24) is 35.2 Å². The van der Waals surface area contributed by atoms with Gasteiger partial charge >= 0.3 is 0 Å². The minimum atomic E-state index is -0.357. The van der Waals surface area contributed by atoms with Crippen molar-refractivity contribution in [3.63, 3.8) is 0 Å². The van der Waals surface area contributed by atoms with E-state index in [1.807, 2.05) is 23.9 Å². The van der Waals surface area contributed by atoms with Gasteiger partial charge in [-0.15, -0.1) is 5.10 Å². The number of benzene rings is 1. The fourth-order valence-electron chi connectivity index (χ4n) is 7.08. The molecule has 1 saturated carbocycles. The Hall–Kier alpha value is -4.33. The molecule has 2 saturated heterocycles. The number of rotatable bonds is 15. The number of morpholine rings is 1. The van der Waals surface area contributed by atoms with Crippen molar-refractivity contribution in [2.24, 2.45) is 5.84 Å². The Bertz CT molecular complexity index is 1540. The van der Waals surface area contributed by atoms with Crippen LogP contribution in [0.1, 0.15) is 57.1 Å². The highest BCUT2D eigenvalue weighted by Gasteiger charge is 2.42. The fraction of sp³-hybridized carbons (Fsp3) is 0.545. The highest BCUT2D eigenvalue weighted by molar-refractivity contribution is 5.67. The summed E-state index contributed by atoms with van der Waals surface area (Å²) in [6, 6.07) is 9.57. The van der Waals surface area contributed by atoms with Gasteiger partial charge in [0.2, 0.25) is 5.95 Å². The number of hydrogen-bond acceptors (Lipinski definition) is 13. The summed E-state index contributed by atoms with van der Waals surface area (Å²) in [4.78, 5) is 11.9. The molecule has 4 heterocycles. The highest BCUT2D eigenvalue weighted by atomic mass is 16.5. The van der Waals surface area contributed by atoms with Crippen LogP contribution >= 0.6 is 0 Å². The molecule has 3 fully saturated rings. The van der Waals surface area contributed by atoms with Gasteiger partial charge in [0.25, 0.3) is 5.88 Å². The first-order valence-corrected chi connectivity index (χ1v) is 16.6. The molecular formula is C33H45N11O4. The van der Waals surface area contributed by atoms with E-state index in [9.17, 15) is 5.26 Å². The van der Waals surface area contributed by atoms with Crippen LogP contribution in [0.15, 0.2) is 36.8 Å². The number of nitriles is 1. The summed E-state index contributed by atoms with van der Waals surface area (Å²) in [6.07, 6.45) is 13.1. The third kappa shape index (κ3) is 7.69. The molecule has 0 amide bonds. The molecule has 1 aliphatic carbocycles. The zero-order valence-corrected chi connectivity index (χ0v) is 27.5. The minimum Gasteiger partial charge on any atom is -0.487 e. The quantitative estimate of drug-likeness (QED) is 0.0613. The summed E-state index contributed by atoms with van der Waals surface area (Å²) >= 11 is 0. The van der Waals surface area contributed by atoms with E-state index in [-0.39, 0.29) is 6.10 Å². The number of ether oxygens (including phenoxy) is 4. The van der Waals surface area contributed by atoms with E-state index in [1.165, 1.54) is 17.9 Å². The number of anilines is 2. The summed E-state index contributed by atoms with van der Waals surface area (Å²) in [5.74, 6) is 6.74. The maximum atomic E-state index is 9.63. The van der Waals surface area contributed by atoms with Crippen LogP contribution in [0.5, 0.6) is 11.6 Å². The molecule has 3 aliphatic rings. The van der Waals surface area contributed by atoms with Crippen LogP contribution in [0.25, 0.3) is 11.1 Å². The number of nitrogens with zero attached hydrogens (tertiary/aromatic N) is 7. The van der Waals surface area contributed by atoms with E-state index in [1.54, 1.807) is 31.6 Å². The van der Waals surface area contributed by atoms with Crippen molar-refractivity contribution in [2.75, 3.05) is 45.4 Å². The molecule has 2 aromatic heterocycles. The lowest BCUT2D eigenvalue weighted by Crippen LogP contribution is -2.52. The number of aromatic nitrogens is 4. The molecule has 2 bridgehead atoms. The normalized spacial score (nSPS) is 22.9. The van der Waals surface area contributed by atoms with E-state index < -0.39 is 0 Å². The predicted octanol–water partition coefficient (Wildman–Crippen LogP) is 3.38. The van der Waals surface area contributed by atoms with Gasteiger partial charge in [-0.05, 0) is 63.1 Å². The third-order valence-electron chi connectivity index (χ3n) is 9.42. The first-order chi connectivity index (χ1) is 23.5. The second-order valence-electron chi connectivity index (χ2n) is 12.6. The Labute approximate surface area is 280 Å². The smallest absolute Gasteiger partial charge is 0.257 e. The Balaban J connectivity index is 1.13. The molecule has 1 unspecified atom stereocenters. The second-order valence-corrected chi connectivity index (χ2v) is 12.6. The molecule has 5 N–H and O–H groups in total. The Morgan fingerprint density at radius 1 is 1.08 bits per heavy atom. The van der Waals surface area contributed by atoms with Crippen molar-refractivity contribution in [1.29, 1.82) is 10.7 Å². The van der Waals surface area contributed by atoms with Gasteiger partial charge in [-0.1, -0.05) is 6.07 Å². The van der Waals surface area contributed by atoms with Crippen LogP contribution in [-0.2, 0) is 9.47 Å². The average Bonchev–Trinajstić information content (AvgIpc) is 3.63. The van der Waals surface area contributed by atoms with Crippen LogP contribution < -0.4 is 26.2 Å². The summed E-state index contributed by atoms with van der Waals surface area (Å²) < 4.78 is 25.1. The lowest BCUT2D eigenvalue weighted by Gasteiger charge is -2.43. The van der Waals surface area contributed by atoms with Gasteiger partial charge in [-0.3, -0.25) is 25.8 Å². The third-order valence-corrected chi connectivity index (χ3v) is 9.42. The first-order valence-electron chi connectivity index (χ1n) is 16.6. The number of nitrogens with two attached hydrogens (primary N) is 1. The van der Waals surface area contributed by atoms with Gasteiger partial charge in [0.15, 0.2) is 0 Å². The summed E-state index contributed by atoms with van der Waals surface area (Å²) in [5.41, 5.74) is 5.04. The summed E-state index contributed by atoms with van der Waals surface area (Å²) in [7, 11) is 1.64.